The van der Waals surface area contributed by atoms with Crippen LogP contribution in [0.15, 0.2) is 66.4 Å². The van der Waals surface area contributed by atoms with Gasteiger partial charge in [-0.05, 0) is 18.2 Å². The Bertz CT molecular complexity index is 1090. The number of aromatic amines is 1. The lowest BCUT2D eigenvalue weighted by Crippen LogP contribution is -1.84. The predicted molar refractivity (Wildman–Crippen MR) is 103 cm³/mol. The number of nitrogens with zero attached hydrogens (tertiary/aromatic N) is 4. The molecule has 3 heterocycles. The molecule has 0 radical (unpaired) electrons. The smallest absolute Gasteiger partial charge is 0.134 e. The Kier molecular flexibility index (Phi) is 4.37. The second kappa shape index (κ2) is 7.13. The summed E-state index contributed by atoms with van der Waals surface area (Å²) in [4.78, 5) is 8.62. The summed E-state index contributed by atoms with van der Waals surface area (Å²) in [5, 5.41) is 19.4. The van der Waals surface area contributed by atoms with Gasteiger partial charge in [0.2, 0.25) is 0 Å². The highest BCUT2D eigenvalue weighted by atomic mass is 32.1. The number of H-pyrrole nitrogens is 1. The lowest BCUT2D eigenvalue weighted by Gasteiger charge is -2.00. The summed E-state index contributed by atoms with van der Waals surface area (Å²) in [5.74, 6) is 0. The Balaban J connectivity index is 1.71. The number of thiazole rings is 1. The molecule has 0 fully saturated rings. The van der Waals surface area contributed by atoms with Gasteiger partial charge >= 0.3 is 0 Å². The van der Waals surface area contributed by atoms with Gasteiger partial charge in [-0.2, -0.15) is 10.4 Å². The second-order valence-electron chi connectivity index (χ2n) is 5.51. The molecule has 0 saturated heterocycles. The van der Waals surface area contributed by atoms with Crippen LogP contribution in [0.25, 0.3) is 34.2 Å². The summed E-state index contributed by atoms with van der Waals surface area (Å²) in [6.45, 7) is 0. The quantitative estimate of drug-likeness (QED) is 0.540. The van der Waals surface area contributed by atoms with Gasteiger partial charge < -0.3 is 0 Å². The number of benzene rings is 1. The van der Waals surface area contributed by atoms with Gasteiger partial charge in [0.25, 0.3) is 0 Å². The number of hydrogen-bond donors (Lipinski definition) is 1. The molecule has 26 heavy (non-hydrogen) atoms. The molecule has 0 amide bonds. The lowest BCUT2D eigenvalue weighted by atomic mass is 10.1. The van der Waals surface area contributed by atoms with Crippen LogP contribution in [0.4, 0.5) is 0 Å². The van der Waals surface area contributed by atoms with Crippen molar-refractivity contribution < 1.29 is 0 Å². The van der Waals surface area contributed by atoms with E-state index in [9.17, 15) is 5.26 Å². The molecule has 0 atom stereocenters. The molecule has 0 aliphatic carbocycles. The highest BCUT2D eigenvalue weighted by molar-refractivity contribution is 7.11. The van der Waals surface area contributed by atoms with E-state index in [-0.39, 0.29) is 0 Å². The van der Waals surface area contributed by atoms with Crippen molar-refractivity contribution in [2.75, 3.05) is 0 Å². The van der Waals surface area contributed by atoms with Crippen molar-refractivity contribution >= 4 is 23.0 Å². The maximum atomic E-state index is 9.63. The number of nitrogens with one attached hydrogen (secondary N) is 1. The van der Waals surface area contributed by atoms with E-state index < -0.39 is 0 Å². The molecular weight excluding hydrogens is 342 g/mol. The third kappa shape index (κ3) is 3.16. The third-order valence-electron chi connectivity index (χ3n) is 3.86. The van der Waals surface area contributed by atoms with Crippen LogP contribution in [-0.2, 0) is 0 Å². The molecule has 4 rings (SSSR count). The standard InChI is InChI=1S/C20H13N5S/c21-11-16(20-24-18(13-26-20)14-6-8-22-9-7-14)10-17-12-23-25-19(17)15-4-2-1-3-5-15/h1-10,12-13H,(H,23,25). The van der Waals surface area contributed by atoms with Crippen LogP contribution >= 0.6 is 11.3 Å². The van der Waals surface area contributed by atoms with Crippen molar-refractivity contribution in [2.45, 2.75) is 0 Å². The van der Waals surface area contributed by atoms with E-state index in [1.807, 2.05) is 53.9 Å². The predicted octanol–water partition coefficient (Wildman–Crippen LogP) is 4.66. The SMILES string of the molecule is N#CC(=Cc1cn[nH]c1-c1ccccc1)c1nc(-c2ccncc2)cs1. The van der Waals surface area contributed by atoms with Gasteiger partial charge in [0, 0.05) is 34.5 Å². The summed E-state index contributed by atoms with van der Waals surface area (Å²) in [7, 11) is 0. The summed E-state index contributed by atoms with van der Waals surface area (Å²) >= 11 is 1.45. The number of nitriles is 1. The molecule has 1 aromatic carbocycles. The summed E-state index contributed by atoms with van der Waals surface area (Å²) in [6.07, 6.45) is 7.00. The molecule has 0 spiro atoms. The highest BCUT2D eigenvalue weighted by Gasteiger charge is 2.12. The van der Waals surface area contributed by atoms with Gasteiger partial charge in [0.15, 0.2) is 0 Å². The van der Waals surface area contributed by atoms with Crippen molar-refractivity contribution in [3.8, 4) is 28.6 Å². The van der Waals surface area contributed by atoms with Crippen LogP contribution < -0.4 is 0 Å². The van der Waals surface area contributed by atoms with Crippen LogP contribution in [0, 0.1) is 11.3 Å². The minimum atomic E-state index is 0.508. The topological polar surface area (TPSA) is 78.2 Å². The van der Waals surface area contributed by atoms with Gasteiger partial charge in [0.1, 0.15) is 11.1 Å². The van der Waals surface area contributed by atoms with Gasteiger partial charge in [0.05, 0.1) is 23.2 Å². The van der Waals surface area contributed by atoms with Crippen LogP contribution in [0.1, 0.15) is 10.6 Å². The van der Waals surface area contributed by atoms with Crippen molar-refractivity contribution in [1.82, 2.24) is 20.2 Å². The first-order chi connectivity index (χ1) is 12.8. The second-order valence-corrected chi connectivity index (χ2v) is 6.37. The molecule has 1 N–H and O–H groups in total. The molecule has 5 nitrogen and oxygen atoms in total. The molecule has 0 saturated carbocycles. The van der Waals surface area contributed by atoms with Crippen LogP contribution in [0.2, 0.25) is 0 Å². The van der Waals surface area contributed by atoms with E-state index >= 15 is 0 Å². The van der Waals surface area contributed by atoms with Crippen molar-refractivity contribution in [2.24, 2.45) is 0 Å². The first kappa shape index (κ1) is 15.9. The molecule has 0 unspecified atom stereocenters. The monoisotopic (exact) mass is 355 g/mol. The number of allylic oxidation sites excluding steroid dienone is 1. The fourth-order valence-electron chi connectivity index (χ4n) is 2.59. The van der Waals surface area contributed by atoms with Crippen LogP contribution in [0.5, 0.6) is 0 Å². The van der Waals surface area contributed by atoms with Gasteiger partial charge in [-0.25, -0.2) is 4.98 Å². The average Bonchev–Trinajstić information content (AvgIpc) is 3.37. The molecule has 0 bridgehead atoms. The Morgan fingerprint density at radius 2 is 1.88 bits per heavy atom. The normalized spacial score (nSPS) is 11.3. The average molecular weight is 355 g/mol. The number of hydrogen-bond acceptors (Lipinski definition) is 5. The molecule has 0 aliphatic heterocycles. The molecule has 3 aromatic heterocycles. The Labute approximate surface area is 154 Å². The van der Waals surface area contributed by atoms with Gasteiger partial charge in [-0.3, -0.25) is 10.1 Å². The maximum absolute atomic E-state index is 9.63. The molecule has 6 heteroatoms. The van der Waals surface area contributed by atoms with E-state index in [4.69, 9.17) is 0 Å². The number of rotatable bonds is 4. The number of aromatic nitrogens is 4. The van der Waals surface area contributed by atoms with Crippen LogP contribution in [-0.4, -0.2) is 20.2 Å². The number of pyridine rings is 1. The fraction of sp³-hybridized carbons (Fsp3) is 0. The van der Waals surface area contributed by atoms with E-state index in [1.165, 1.54) is 11.3 Å². The van der Waals surface area contributed by atoms with Crippen LogP contribution in [0.3, 0.4) is 0 Å². The molecule has 0 aliphatic rings. The molecular formula is C20H13N5S. The van der Waals surface area contributed by atoms with Crippen molar-refractivity contribution in [3.63, 3.8) is 0 Å². The minimum Gasteiger partial charge on any atom is -0.277 e. The van der Waals surface area contributed by atoms with Gasteiger partial charge in [-0.1, -0.05) is 30.3 Å². The van der Waals surface area contributed by atoms with E-state index in [1.54, 1.807) is 18.6 Å². The largest absolute Gasteiger partial charge is 0.277 e. The Hall–Kier alpha value is -3.56. The summed E-state index contributed by atoms with van der Waals surface area (Å²) in [5.41, 5.74) is 5.08. The van der Waals surface area contributed by atoms with E-state index in [0.717, 1.165) is 28.1 Å². The van der Waals surface area contributed by atoms with Gasteiger partial charge in [-0.15, -0.1) is 11.3 Å². The Morgan fingerprint density at radius 3 is 2.65 bits per heavy atom. The first-order valence-electron chi connectivity index (χ1n) is 7.92. The zero-order valence-corrected chi connectivity index (χ0v) is 14.4. The summed E-state index contributed by atoms with van der Waals surface area (Å²) in [6, 6.07) is 16.0. The first-order valence-corrected chi connectivity index (χ1v) is 8.80. The van der Waals surface area contributed by atoms with Crippen molar-refractivity contribution in [3.05, 3.63) is 77.0 Å². The van der Waals surface area contributed by atoms with E-state index in [2.05, 4.69) is 26.2 Å². The minimum absolute atomic E-state index is 0.508. The van der Waals surface area contributed by atoms with Crippen molar-refractivity contribution in [1.29, 1.82) is 5.26 Å². The maximum Gasteiger partial charge on any atom is 0.134 e. The fourth-order valence-corrected chi connectivity index (χ4v) is 3.39. The highest BCUT2D eigenvalue weighted by Crippen LogP contribution is 2.29. The molecule has 124 valence electrons. The Morgan fingerprint density at radius 1 is 1.08 bits per heavy atom. The van der Waals surface area contributed by atoms with E-state index in [0.29, 0.717) is 10.6 Å². The summed E-state index contributed by atoms with van der Waals surface area (Å²) < 4.78 is 0. The lowest BCUT2D eigenvalue weighted by molar-refractivity contribution is 1.10. The molecule has 4 aromatic rings. The zero-order valence-electron chi connectivity index (χ0n) is 13.6. The zero-order chi connectivity index (χ0) is 17.8. The third-order valence-corrected chi connectivity index (χ3v) is 4.74.